The normalized spacial score (nSPS) is 14.3. The predicted molar refractivity (Wildman–Crippen MR) is 101 cm³/mol. The number of imidazole rings is 1. The lowest BCUT2D eigenvalue weighted by Crippen LogP contribution is -2.38. The van der Waals surface area contributed by atoms with Crippen LogP contribution in [-0.4, -0.2) is 45.0 Å². The van der Waals surface area contributed by atoms with Gasteiger partial charge in [0.25, 0.3) is 5.91 Å². The van der Waals surface area contributed by atoms with Gasteiger partial charge in [0, 0.05) is 38.0 Å². The molecule has 0 fully saturated rings. The molecule has 7 nitrogen and oxygen atoms in total. The third kappa shape index (κ3) is 3.72. The monoisotopic (exact) mass is 361 g/mol. The van der Waals surface area contributed by atoms with Crippen LogP contribution in [0.25, 0.3) is 5.65 Å². The molecule has 4 rings (SSSR count). The first-order chi connectivity index (χ1) is 13.2. The lowest BCUT2D eigenvalue weighted by molar-refractivity contribution is -0.131. The summed E-state index contributed by atoms with van der Waals surface area (Å²) in [5, 5.41) is 8.77. The van der Waals surface area contributed by atoms with E-state index in [-0.39, 0.29) is 11.8 Å². The van der Waals surface area contributed by atoms with Crippen LogP contribution in [0.2, 0.25) is 0 Å². The van der Waals surface area contributed by atoms with Crippen LogP contribution in [0.1, 0.15) is 28.8 Å². The number of pyridine rings is 1. The number of nitrogens with one attached hydrogen (secondary N) is 1. The summed E-state index contributed by atoms with van der Waals surface area (Å²) in [7, 11) is 0. The van der Waals surface area contributed by atoms with Gasteiger partial charge >= 0.3 is 0 Å². The molecule has 0 aliphatic carbocycles. The van der Waals surface area contributed by atoms with Crippen molar-refractivity contribution in [2.45, 2.75) is 12.8 Å². The molecule has 1 N–H and O–H groups in total. The molecule has 0 saturated carbocycles. The Morgan fingerprint density at radius 3 is 2.81 bits per heavy atom. The standard InChI is InChI=1S/C20H19N5O2/c26-19-9-7-17(15-4-2-1-3-5-15)23-25(19)13-11-22-20(27)16-6-8-18-21-10-12-24(18)14-16/h1-6,8,10,12,14H,7,9,11,13H2,(H,22,27). The topological polar surface area (TPSA) is 79.1 Å². The average Bonchev–Trinajstić information content (AvgIpc) is 3.18. The molecule has 0 radical (unpaired) electrons. The fourth-order valence-corrected chi connectivity index (χ4v) is 3.04. The molecule has 0 atom stereocenters. The third-order valence-electron chi connectivity index (χ3n) is 4.47. The summed E-state index contributed by atoms with van der Waals surface area (Å²) >= 11 is 0. The first kappa shape index (κ1) is 17.0. The van der Waals surface area contributed by atoms with Crippen LogP contribution in [0.15, 0.2) is 66.2 Å². The summed E-state index contributed by atoms with van der Waals surface area (Å²) in [5.41, 5.74) is 3.24. The Labute approximate surface area is 156 Å². The van der Waals surface area contributed by atoms with Gasteiger partial charge in [0.1, 0.15) is 5.65 Å². The predicted octanol–water partition coefficient (Wildman–Crippen LogP) is 2.09. The molecule has 27 heavy (non-hydrogen) atoms. The highest BCUT2D eigenvalue weighted by Crippen LogP contribution is 2.14. The van der Waals surface area contributed by atoms with Crippen LogP contribution in [0.3, 0.4) is 0 Å². The summed E-state index contributed by atoms with van der Waals surface area (Å²) in [6.45, 7) is 0.673. The van der Waals surface area contributed by atoms with Crippen LogP contribution in [0, 0.1) is 0 Å². The van der Waals surface area contributed by atoms with Crippen LogP contribution in [0.4, 0.5) is 0 Å². The van der Waals surface area contributed by atoms with E-state index in [1.54, 1.807) is 35.1 Å². The van der Waals surface area contributed by atoms with E-state index >= 15 is 0 Å². The van der Waals surface area contributed by atoms with Crippen molar-refractivity contribution in [2.24, 2.45) is 5.10 Å². The summed E-state index contributed by atoms with van der Waals surface area (Å²) in [4.78, 5) is 28.6. The Kier molecular flexibility index (Phi) is 4.65. The second kappa shape index (κ2) is 7.41. The van der Waals surface area contributed by atoms with Gasteiger partial charge in [-0.1, -0.05) is 30.3 Å². The van der Waals surface area contributed by atoms with Gasteiger partial charge in [-0.25, -0.2) is 9.99 Å². The number of benzene rings is 1. The maximum atomic E-state index is 12.3. The van der Waals surface area contributed by atoms with Crippen molar-refractivity contribution in [1.29, 1.82) is 0 Å². The van der Waals surface area contributed by atoms with Gasteiger partial charge in [-0.15, -0.1) is 0 Å². The lowest BCUT2D eigenvalue weighted by atomic mass is 10.0. The Bertz CT molecular complexity index is 1010. The van der Waals surface area contributed by atoms with E-state index in [1.165, 1.54) is 5.01 Å². The molecule has 1 aromatic carbocycles. The number of hydrogen-bond donors (Lipinski definition) is 1. The summed E-state index contributed by atoms with van der Waals surface area (Å²) in [6.07, 6.45) is 6.27. The minimum Gasteiger partial charge on any atom is -0.350 e. The minimum atomic E-state index is -0.192. The van der Waals surface area contributed by atoms with Gasteiger partial charge in [0.2, 0.25) is 5.91 Å². The summed E-state index contributed by atoms with van der Waals surface area (Å²) in [5.74, 6) is -0.217. The molecule has 0 saturated heterocycles. The molecule has 2 aromatic heterocycles. The van der Waals surface area contributed by atoms with E-state index in [9.17, 15) is 9.59 Å². The third-order valence-corrected chi connectivity index (χ3v) is 4.47. The zero-order valence-electron chi connectivity index (χ0n) is 14.7. The van der Waals surface area contributed by atoms with Crippen molar-refractivity contribution >= 4 is 23.2 Å². The molecule has 3 aromatic rings. The van der Waals surface area contributed by atoms with Crippen LogP contribution >= 0.6 is 0 Å². The van der Waals surface area contributed by atoms with Gasteiger partial charge in [0.05, 0.1) is 17.8 Å². The second-order valence-corrected chi connectivity index (χ2v) is 6.30. The van der Waals surface area contributed by atoms with Crippen molar-refractivity contribution in [1.82, 2.24) is 19.7 Å². The van der Waals surface area contributed by atoms with Crippen molar-refractivity contribution in [3.63, 3.8) is 0 Å². The first-order valence-electron chi connectivity index (χ1n) is 8.85. The van der Waals surface area contributed by atoms with Gasteiger partial charge in [0.15, 0.2) is 0 Å². The minimum absolute atomic E-state index is 0.0243. The number of carbonyl (C=O) groups is 2. The smallest absolute Gasteiger partial charge is 0.252 e. The van der Waals surface area contributed by atoms with Gasteiger partial charge < -0.3 is 9.72 Å². The van der Waals surface area contributed by atoms with Gasteiger partial charge in [-0.05, 0) is 17.7 Å². The number of amides is 2. The van der Waals surface area contributed by atoms with Gasteiger partial charge in [-0.2, -0.15) is 5.10 Å². The SMILES string of the molecule is O=C(NCCN1N=C(c2ccccc2)CCC1=O)c1ccc2nccn2c1. The summed E-state index contributed by atoms with van der Waals surface area (Å²) < 4.78 is 1.79. The molecule has 3 heterocycles. The molecule has 1 aliphatic heterocycles. The fraction of sp³-hybridized carbons (Fsp3) is 0.200. The highest BCUT2D eigenvalue weighted by atomic mass is 16.2. The van der Waals surface area contributed by atoms with E-state index in [2.05, 4.69) is 15.4 Å². The molecule has 0 spiro atoms. The summed E-state index contributed by atoms with van der Waals surface area (Å²) in [6, 6.07) is 13.4. The molecule has 0 unspecified atom stereocenters. The van der Waals surface area contributed by atoms with E-state index in [4.69, 9.17) is 0 Å². The van der Waals surface area contributed by atoms with Crippen LogP contribution < -0.4 is 5.32 Å². The average molecular weight is 361 g/mol. The zero-order chi connectivity index (χ0) is 18.6. The molecular weight excluding hydrogens is 342 g/mol. The second-order valence-electron chi connectivity index (χ2n) is 6.30. The van der Waals surface area contributed by atoms with E-state index in [1.807, 2.05) is 30.3 Å². The molecular formula is C20H19N5O2. The number of carbonyl (C=O) groups excluding carboxylic acids is 2. The number of nitrogens with zero attached hydrogens (tertiary/aromatic N) is 4. The Balaban J connectivity index is 1.38. The van der Waals surface area contributed by atoms with Crippen molar-refractivity contribution in [3.8, 4) is 0 Å². The van der Waals surface area contributed by atoms with E-state index < -0.39 is 0 Å². The number of aromatic nitrogens is 2. The van der Waals surface area contributed by atoms with Crippen LogP contribution in [0.5, 0.6) is 0 Å². The number of fused-ring (bicyclic) bond motifs is 1. The molecule has 0 bridgehead atoms. The quantitative estimate of drug-likeness (QED) is 0.756. The highest BCUT2D eigenvalue weighted by Gasteiger charge is 2.21. The molecule has 2 amide bonds. The van der Waals surface area contributed by atoms with E-state index in [0.717, 1.165) is 16.9 Å². The van der Waals surface area contributed by atoms with E-state index in [0.29, 0.717) is 31.5 Å². The highest BCUT2D eigenvalue weighted by molar-refractivity contribution is 6.04. The Hall–Kier alpha value is -3.48. The first-order valence-corrected chi connectivity index (χ1v) is 8.85. The number of rotatable bonds is 5. The largest absolute Gasteiger partial charge is 0.350 e. The lowest BCUT2D eigenvalue weighted by Gasteiger charge is -2.23. The van der Waals surface area contributed by atoms with Crippen molar-refractivity contribution < 1.29 is 9.59 Å². The Morgan fingerprint density at radius 1 is 1.11 bits per heavy atom. The Morgan fingerprint density at radius 2 is 1.96 bits per heavy atom. The maximum absolute atomic E-state index is 12.3. The fourth-order valence-electron chi connectivity index (χ4n) is 3.04. The number of hydrazone groups is 1. The number of hydrogen-bond acceptors (Lipinski definition) is 4. The van der Waals surface area contributed by atoms with Crippen molar-refractivity contribution in [2.75, 3.05) is 13.1 Å². The molecule has 7 heteroatoms. The zero-order valence-corrected chi connectivity index (χ0v) is 14.7. The van der Waals surface area contributed by atoms with Crippen molar-refractivity contribution in [3.05, 3.63) is 72.2 Å². The maximum Gasteiger partial charge on any atom is 0.252 e. The van der Waals surface area contributed by atoms with Crippen LogP contribution in [-0.2, 0) is 4.79 Å². The molecule has 136 valence electrons. The van der Waals surface area contributed by atoms with Gasteiger partial charge in [-0.3, -0.25) is 9.59 Å². The molecule has 1 aliphatic rings.